The summed E-state index contributed by atoms with van der Waals surface area (Å²) in [5.41, 5.74) is 0.727. The molecule has 0 spiro atoms. The Morgan fingerprint density at radius 2 is 1.96 bits per heavy atom. The first-order valence-corrected chi connectivity index (χ1v) is 8.27. The van der Waals surface area contributed by atoms with E-state index in [1.54, 1.807) is 24.4 Å². The summed E-state index contributed by atoms with van der Waals surface area (Å²) < 4.78 is 7.44. The van der Waals surface area contributed by atoms with Crippen molar-refractivity contribution < 1.29 is 4.52 Å². The average molecular weight is 366 g/mol. The van der Waals surface area contributed by atoms with Crippen molar-refractivity contribution in [3.63, 3.8) is 0 Å². The Morgan fingerprint density at radius 3 is 2.62 bits per heavy atom. The molecule has 0 saturated carbocycles. The van der Waals surface area contributed by atoms with Crippen LogP contribution in [0, 0.1) is 6.92 Å². The second kappa shape index (κ2) is 7.23. The van der Waals surface area contributed by atoms with Gasteiger partial charge in [0.25, 0.3) is 0 Å². The first-order valence-electron chi connectivity index (χ1n) is 7.52. The zero-order valence-corrected chi connectivity index (χ0v) is 14.9. The molecule has 0 aliphatic heterocycles. The van der Waals surface area contributed by atoms with Gasteiger partial charge in [-0.1, -0.05) is 28.4 Å². The first-order chi connectivity index (χ1) is 11.5. The number of benzene rings is 1. The van der Waals surface area contributed by atoms with Gasteiger partial charge in [-0.15, -0.1) is 0 Å². The lowest BCUT2D eigenvalue weighted by atomic mass is 10.2. The Labute approximate surface area is 150 Å². The second-order valence-electron chi connectivity index (χ2n) is 5.50. The number of anilines is 1. The predicted octanol–water partition coefficient (Wildman–Crippen LogP) is 4.07. The molecule has 0 radical (unpaired) electrons. The van der Waals surface area contributed by atoms with Crippen LogP contribution in [0.15, 0.2) is 35.1 Å². The fourth-order valence-electron chi connectivity index (χ4n) is 2.38. The van der Waals surface area contributed by atoms with Gasteiger partial charge in [0.2, 0.25) is 5.82 Å². The van der Waals surface area contributed by atoms with Crippen molar-refractivity contribution in [3.05, 3.63) is 46.5 Å². The molecular weight excluding hydrogens is 349 g/mol. The standard InChI is InChI=1S/C16H17Cl2N5O/c1-11-19-4-7-23(11)6-3-5-22(2)16-20-15(21-24-16)12-8-13(17)10-14(18)9-12/h4,7-10H,3,5-6H2,1-2H3. The predicted molar refractivity (Wildman–Crippen MR) is 94.6 cm³/mol. The van der Waals surface area contributed by atoms with Gasteiger partial charge in [-0.05, 0) is 31.5 Å². The van der Waals surface area contributed by atoms with Gasteiger partial charge < -0.3 is 14.0 Å². The molecular formula is C16H17Cl2N5O. The van der Waals surface area contributed by atoms with Crippen molar-refractivity contribution in [2.45, 2.75) is 19.9 Å². The van der Waals surface area contributed by atoms with E-state index in [1.165, 1.54) is 0 Å². The van der Waals surface area contributed by atoms with Crippen molar-refractivity contribution in [1.29, 1.82) is 0 Å². The first kappa shape index (κ1) is 16.8. The number of nitrogens with zero attached hydrogens (tertiary/aromatic N) is 5. The summed E-state index contributed by atoms with van der Waals surface area (Å²) in [5, 5.41) is 5.07. The third kappa shape index (κ3) is 3.88. The van der Waals surface area contributed by atoms with Gasteiger partial charge in [0.15, 0.2) is 0 Å². The van der Waals surface area contributed by atoms with Gasteiger partial charge in [0.05, 0.1) is 0 Å². The van der Waals surface area contributed by atoms with Crippen molar-refractivity contribution >= 4 is 29.2 Å². The Bertz CT molecular complexity index is 809. The maximum Gasteiger partial charge on any atom is 0.324 e. The highest BCUT2D eigenvalue weighted by Gasteiger charge is 2.13. The summed E-state index contributed by atoms with van der Waals surface area (Å²) in [4.78, 5) is 10.5. The molecule has 0 bridgehead atoms. The number of imidazole rings is 1. The number of hydrogen-bond donors (Lipinski definition) is 0. The number of rotatable bonds is 6. The molecule has 3 aromatic rings. The Morgan fingerprint density at radius 1 is 1.21 bits per heavy atom. The van der Waals surface area contributed by atoms with Crippen molar-refractivity contribution in [1.82, 2.24) is 19.7 Å². The molecule has 2 heterocycles. The zero-order valence-electron chi connectivity index (χ0n) is 13.4. The number of hydrogen-bond acceptors (Lipinski definition) is 5. The molecule has 2 aromatic heterocycles. The normalized spacial score (nSPS) is 11.0. The SMILES string of the molecule is Cc1nccn1CCCN(C)c1nc(-c2cc(Cl)cc(Cl)c2)no1. The summed E-state index contributed by atoms with van der Waals surface area (Å²) in [6, 6.07) is 5.63. The van der Waals surface area contributed by atoms with Crippen LogP contribution in [0.25, 0.3) is 11.4 Å². The Balaban J connectivity index is 1.63. The molecule has 0 aliphatic carbocycles. The maximum absolute atomic E-state index is 6.01. The topological polar surface area (TPSA) is 60.0 Å². The number of aromatic nitrogens is 4. The fraction of sp³-hybridized carbons (Fsp3) is 0.312. The average Bonchev–Trinajstić information content (AvgIpc) is 3.16. The summed E-state index contributed by atoms with van der Waals surface area (Å²) in [6.07, 6.45) is 4.72. The minimum absolute atomic E-state index is 0.462. The quantitative estimate of drug-likeness (QED) is 0.658. The van der Waals surface area contributed by atoms with E-state index < -0.39 is 0 Å². The van der Waals surface area contributed by atoms with Crippen LogP contribution in [0.2, 0.25) is 10.0 Å². The van der Waals surface area contributed by atoms with E-state index in [0.717, 1.165) is 30.9 Å². The number of aryl methyl sites for hydroxylation is 2. The van der Waals surface area contributed by atoms with E-state index in [2.05, 4.69) is 19.7 Å². The van der Waals surface area contributed by atoms with Crippen LogP contribution >= 0.6 is 23.2 Å². The van der Waals surface area contributed by atoms with Crippen molar-refractivity contribution in [3.8, 4) is 11.4 Å². The summed E-state index contributed by atoms with van der Waals surface area (Å²) in [6.45, 7) is 3.67. The van der Waals surface area contributed by atoms with Crippen molar-refractivity contribution in [2.24, 2.45) is 0 Å². The van der Waals surface area contributed by atoms with E-state index >= 15 is 0 Å². The highest BCUT2D eigenvalue weighted by Crippen LogP contribution is 2.26. The van der Waals surface area contributed by atoms with E-state index in [-0.39, 0.29) is 0 Å². The molecule has 0 N–H and O–H groups in total. The van der Waals surface area contributed by atoms with Gasteiger partial charge in [0, 0.05) is 48.1 Å². The minimum Gasteiger partial charge on any atom is -0.335 e. The van der Waals surface area contributed by atoms with E-state index in [0.29, 0.717) is 21.9 Å². The molecule has 0 amide bonds. The highest BCUT2D eigenvalue weighted by molar-refractivity contribution is 6.35. The third-order valence-corrected chi connectivity index (χ3v) is 4.12. The summed E-state index contributed by atoms with van der Waals surface area (Å²) >= 11 is 12.0. The van der Waals surface area contributed by atoms with Crippen LogP contribution in [-0.4, -0.2) is 33.3 Å². The molecule has 0 aliphatic rings. The van der Waals surface area contributed by atoms with Crippen LogP contribution in [0.1, 0.15) is 12.2 Å². The molecule has 3 rings (SSSR count). The smallest absolute Gasteiger partial charge is 0.324 e. The molecule has 24 heavy (non-hydrogen) atoms. The van der Waals surface area contributed by atoms with Crippen LogP contribution in [0.4, 0.5) is 6.01 Å². The lowest BCUT2D eigenvalue weighted by Crippen LogP contribution is -2.20. The molecule has 1 aromatic carbocycles. The lowest BCUT2D eigenvalue weighted by molar-refractivity contribution is 0.417. The molecule has 126 valence electrons. The molecule has 0 fully saturated rings. The van der Waals surface area contributed by atoms with Crippen molar-refractivity contribution in [2.75, 3.05) is 18.5 Å². The Hall–Kier alpha value is -2.05. The van der Waals surface area contributed by atoms with Crippen LogP contribution in [-0.2, 0) is 6.54 Å². The van der Waals surface area contributed by atoms with Gasteiger partial charge in [-0.2, -0.15) is 4.98 Å². The molecule has 0 saturated heterocycles. The maximum atomic E-state index is 6.01. The monoisotopic (exact) mass is 365 g/mol. The summed E-state index contributed by atoms with van der Waals surface area (Å²) in [5.74, 6) is 1.47. The van der Waals surface area contributed by atoms with Crippen LogP contribution in [0.5, 0.6) is 0 Å². The Kier molecular flexibility index (Phi) is 5.06. The number of halogens is 2. The highest BCUT2D eigenvalue weighted by atomic mass is 35.5. The fourth-order valence-corrected chi connectivity index (χ4v) is 2.91. The van der Waals surface area contributed by atoms with Gasteiger partial charge in [-0.25, -0.2) is 4.98 Å². The van der Waals surface area contributed by atoms with Crippen LogP contribution < -0.4 is 4.90 Å². The molecule has 0 unspecified atom stereocenters. The largest absolute Gasteiger partial charge is 0.335 e. The molecule has 6 nitrogen and oxygen atoms in total. The second-order valence-corrected chi connectivity index (χ2v) is 6.37. The van der Waals surface area contributed by atoms with E-state index in [4.69, 9.17) is 27.7 Å². The molecule has 8 heteroatoms. The van der Waals surface area contributed by atoms with Gasteiger partial charge >= 0.3 is 6.01 Å². The van der Waals surface area contributed by atoms with Gasteiger partial charge in [-0.3, -0.25) is 0 Å². The van der Waals surface area contributed by atoms with Gasteiger partial charge in [0.1, 0.15) is 5.82 Å². The lowest BCUT2D eigenvalue weighted by Gasteiger charge is -2.13. The molecule has 0 atom stereocenters. The van der Waals surface area contributed by atoms with E-state index in [9.17, 15) is 0 Å². The van der Waals surface area contributed by atoms with E-state index in [1.807, 2.05) is 25.1 Å². The summed E-state index contributed by atoms with van der Waals surface area (Å²) in [7, 11) is 1.92. The minimum atomic E-state index is 0.462. The van der Waals surface area contributed by atoms with Crippen LogP contribution in [0.3, 0.4) is 0 Å². The third-order valence-electron chi connectivity index (χ3n) is 3.68. The zero-order chi connectivity index (χ0) is 17.1.